The molecule has 1 atom stereocenters. The van der Waals surface area contributed by atoms with Gasteiger partial charge in [0.1, 0.15) is 5.25 Å². The first-order chi connectivity index (χ1) is 16.0. The maximum absolute atomic E-state index is 13.7. The van der Waals surface area contributed by atoms with Crippen LogP contribution in [0.25, 0.3) is 16.6 Å². The van der Waals surface area contributed by atoms with E-state index in [1.165, 1.54) is 11.8 Å². The number of thioether (sulfide) groups is 1. The Labute approximate surface area is 196 Å². The first kappa shape index (κ1) is 21.5. The number of benzene rings is 3. The largest absolute Gasteiger partial charge is 0.352 e. The van der Waals surface area contributed by atoms with Crippen LogP contribution in [0.5, 0.6) is 0 Å². The summed E-state index contributed by atoms with van der Waals surface area (Å²) in [7, 11) is 0. The molecule has 1 unspecified atom stereocenters. The van der Waals surface area contributed by atoms with Gasteiger partial charge in [-0.2, -0.15) is 0 Å². The molecule has 1 aliphatic carbocycles. The summed E-state index contributed by atoms with van der Waals surface area (Å²) in [5.41, 5.74) is 4.19. The van der Waals surface area contributed by atoms with Gasteiger partial charge < -0.3 is 5.32 Å². The predicted octanol–water partition coefficient (Wildman–Crippen LogP) is 5.11. The van der Waals surface area contributed by atoms with Gasteiger partial charge in [-0.3, -0.25) is 14.2 Å². The topological polar surface area (TPSA) is 64.0 Å². The number of nitrogens with zero attached hydrogens (tertiary/aromatic N) is 2. The second kappa shape index (κ2) is 8.87. The van der Waals surface area contributed by atoms with Gasteiger partial charge in [-0.1, -0.05) is 66.4 Å². The molecule has 1 aromatic heterocycles. The summed E-state index contributed by atoms with van der Waals surface area (Å²) >= 11 is 1.32. The minimum Gasteiger partial charge on any atom is -0.352 e. The molecule has 3 aromatic carbocycles. The van der Waals surface area contributed by atoms with Crippen molar-refractivity contribution in [3.8, 4) is 5.69 Å². The lowest BCUT2D eigenvalue weighted by atomic mass is 10.1. The molecule has 1 fully saturated rings. The van der Waals surface area contributed by atoms with E-state index in [1.807, 2.05) is 80.6 Å². The molecule has 1 heterocycles. The lowest BCUT2D eigenvalue weighted by Crippen LogP contribution is -2.30. The number of hydrogen-bond donors (Lipinski definition) is 1. The average molecular weight is 456 g/mol. The molecule has 1 aliphatic rings. The monoisotopic (exact) mass is 455 g/mol. The summed E-state index contributed by atoms with van der Waals surface area (Å²) in [6.45, 7) is 3.99. The highest BCUT2D eigenvalue weighted by atomic mass is 32.2. The Morgan fingerprint density at radius 2 is 1.76 bits per heavy atom. The van der Waals surface area contributed by atoms with Crippen LogP contribution < -0.4 is 10.9 Å². The van der Waals surface area contributed by atoms with E-state index in [1.54, 1.807) is 10.6 Å². The van der Waals surface area contributed by atoms with Crippen molar-refractivity contribution >= 4 is 28.6 Å². The van der Waals surface area contributed by atoms with E-state index in [4.69, 9.17) is 4.98 Å². The fourth-order valence-corrected chi connectivity index (χ4v) is 4.99. The number of rotatable bonds is 6. The highest BCUT2D eigenvalue weighted by Crippen LogP contribution is 2.37. The highest BCUT2D eigenvalue weighted by Gasteiger charge is 2.30. The Hall–Kier alpha value is -3.38. The van der Waals surface area contributed by atoms with Gasteiger partial charge in [-0.25, -0.2) is 4.98 Å². The normalized spacial score (nSPS) is 14.2. The fourth-order valence-electron chi connectivity index (χ4n) is 3.87. The zero-order valence-electron chi connectivity index (χ0n) is 18.6. The van der Waals surface area contributed by atoms with Gasteiger partial charge in [0.15, 0.2) is 5.16 Å². The molecule has 166 valence electrons. The van der Waals surface area contributed by atoms with Crippen molar-refractivity contribution in [2.24, 2.45) is 0 Å². The molecule has 0 saturated heterocycles. The summed E-state index contributed by atoms with van der Waals surface area (Å²) in [5, 5.41) is 3.68. The number of amides is 1. The van der Waals surface area contributed by atoms with E-state index in [-0.39, 0.29) is 17.5 Å². The number of carbonyl (C=O) groups excluding carboxylic acids is 1. The molecular weight excluding hydrogens is 430 g/mol. The van der Waals surface area contributed by atoms with E-state index >= 15 is 0 Å². The molecule has 5 nitrogen and oxygen atoms in total. The van der Waals surface area contributed by atoms with Gasteiger partial charge in [-0.15, -0.1) is 0 Å². The summed E-state index contributed by atoms with van der Waals surface area (Å²) < 4.78 is 1.66. The Balaban J connectivity index is 1.69. The van der Waals surface area contributed by atoms with Gasteiger partial charge in [-0.05, 0) is 61.6 Å². The van der Waals surface area contributed by atoms with Crippen molar-refractivity contribution in [1.29, 1.82) is 0 Å². The standard InChI is InChI=1S/C27H25N3O2S/c1-17-12-13-18(2)23(16-17)30-26(32)21-10-6-7-11-22(21)29-27(30)33-24(19-8-4-3-5-9-19)25(31)28-20-14-15-20/h3-13,16,20,24H,14-15H2,1-2H3,(H,28,31). The van der Waals surface area contributed by atoms with Gasteiger partial charge >= 0.3 is 0 Å². The SMILES string of the molecule is Cc1ccc(C)c(-n2c(SC(C(=O)NC3CC3)c3ccccc3)nc3ccccc3c2=O)c1. The Morgan fingerprint density at radius 1 is 1.03 bits per heavy atom. The Morgan fingerprint density at radius 3 is 2.52 bits per heavy atom. The summed E-state index contributed by atoms with van der Waals surface area (Å²) in [6, 6.07) is 23.3. The molecule has 5 rings (SSSR count). The van der Waals surface area contributed by atoms with Gasteiger partial charge in [0, 0.05) is 6.04 Å². The lowest BCUT2D eigenvalue weighted by molar-refractivity contribution is -0.120. The van der Waals surface area contributed by atoms with E-state index in [0.717, 1.165) is 35.2 Å². The van der Waals surface area contributed by atoms with Crippen molar-refractivity contribution in [1.82, 2.24) is 14.9 Å². The zero-order chi connectivity index (χ0) is 22.9. The Bertz CT molecular complexity index is 1390. The average Bonchev–Trinajstić information content (AvgIpc) is 3.64. The van der Waals surface area contributed by atoms with Gasteiger partial charge in [0.2, 0.25) is 5.91 Å². The minimum atomic E-state index is -0.517. The predicted molar refractivity (Wildman–Crippen MR) is 133 cm³/mol. The maximum atomic E-state index is 13.7. The molecule has 0 radical (unpaired) electrons. The summed E-state index contributed by atoms with van der Waals surface area (Å²) in [6.07, 6.45) is 2.03. The van der Waals surface area contributed by atoms with Crippen LogP contribution in [0.15, 0.2) is 82.7 Å². The number of aryl methyl sites for hydroxylation is 2. The molecule has 1 saturated carbocycles. The van der Waals surface area contributed by atoms with Crippen molar-refractivity contribution in [2.45, 2.75) is 43.1 Å². The molecule has 4 aromatic rings. The summed E-state index contributed by atoms with van der Waals surface area (Å²) in [5.74, 6) is -0.0522. The van der Waals surface area contributed by atoms with Crippen LogP contribution >= 0.6 is 11.8 Å². The van der Waals surface area contributed by atoms with Crippen LogP contribution in [0.4, 0.5) is 0 Å². The van der Waals surface area contributed by atoms with Gasteiger partial charge in [0.05, 0.1) is 16.6 Å². The molecule has 0 bridgehead atoms. The Kier molecular flexibility index (Phi) is 5.77. The third kappa shape index (κ3) is 4.44. The number of hydrogen-bond acceptors (Lipinski definition) is 4. The molecule has 6 heteroatoms. The van der Waals surface area contributed by atoms with Crippen molar-refractivity contribution in [3.63, 3.8) is 0 Å². The molecule has 0 aliphatic heterocycles. The quantitative estimate of drug-likeness (QED) is 0.324. The fraction of sp³-hybridized carbons (Fsp3) is 0.222. The van der Waals surface area contributed by atoms with Crippen LogP contribution in [0.2, 0.25) is 0 Å². The van der Waals surface area contributed by atoms with E-state index in [9.17, 15) is 9.59 Å². The number of nitrogens with one attached hydrogen (secondary N) is 1. The first-order valence-corrected chi connectivity index (χ1v) is 12.0. The third-order valence-electron chi connectivity index (χ3n) is 5.84. The van der Waals surface area contributed by atoms with E-state index in [2.05, 4.69) is 5.32 Å². The van der Waals surface area contributed by atoms with Crippen molar-refractivity contribution < 1.29 is 4.79 Å². The number of carbonyl (C=O) groups is 1. The number of aromatic nitrogens is 2. The molecular formula is C27H25N3O2S. The van der Waals surface area contributed by atoms with Gasteiger partial charge in [0.25, 0.3) is 5.56 Å². The maximum Gasteiger partial charge on any atom is 0.266 e. The third-order valence-corrected chi connectivity index (χ3v) is 7.04. The molecule has 1 amide bonds. The zero-order valence-corrected chi connectivity index (χ0v) is 19.4. The van der Waals surface area contributed by atoms with Crippen molar-refractivity contribution in [3.05, 3.63) is 99.8 Å². The van der Waals surface area contributed by atoms with E-state index < -0.39 is 5.25 Å². The minimum absolute atomic E-state index is 0.0522. The van der Waals surface area contributed by atoms with Crippen LogP contribution in [-0.2, 0) is 4.79 Å². The number of para-hydroxylation sites is 1. The summed E-state index contributed by atoms with van der Waals surface area (Å²) in [4.78, 5) is 31.8. The second-order valence-electron chi connectivity index (χ2n) is 8.53. The highest BCUT2D eigenvalue weighted by molar-refractivity contribution is 8.00. The van der Waals surface area contributed by atoms with Crippen molar-refractivity contribution in [2.75, 3.05) is 0 Å². The molecule has 0 spiro atoms. The van der Waals surface area contributed by atoms with Crippen LogP contribution in [0, 0.1) is 13.8 Å². The molecule has 33 heavy (non-hydrogen) atoms. The first-order valence-electron chi connectivity index (χ1n) is 11.1. The van der Waals surface area contributed by atoms with Crippen LogP contribution in [0.1, 0.15) is 34.8 Å². The number of fused-ring (bicyclic) bond motifs is 1. The van der Waals surface area contributed by atoms with E-state index in [0.29, 0.717) is 16.1 Å². The molecule has 1 N–H and O–H groups in total. The van der Waals surface area contributed by atoms with Crippen LogP contribution in [0.3, 0.4) is 0 Å². The smallest absolute Gasteiger partial charge is 0.266 e. The van der Waals surface area contributed by atoms with Crippen LogP contribution in [-0.4, -0.2) is 21.5 Å². The lowest BCUT2D eigenvalue weighted by Gasteiger charge is -2.20. The second-order valence-corrected chi connectivity index (χ2v) is 9.61.